The fourth-order valence-corrected chi connectivity index (χ4v) is 5.79. The number of Topliss-reactive ketones (excluding diaryl/α,β-unsaturated/α-hetero) is 1. The number of nitrogens with zero attached hydrogens (tertiary/aromatic N) is 3. The lowest BCUT2D eigenvalue weighted by Gasteiger charge is -2.35. The summed E-state index contributed by atoms with van der Waals surface area (Å²) < 4.78 is 1.43. The van der Waals surface area contributed by atoms with Crippen LogP contribution in [0.3, 0.4) is 0 Å². The number of carbonyl (C=O) groups excluding carboxylic acids is 2. The molecule has 206 valence electrons. The zero-order chi connectivity index (χ0) is 28.9. The van der Waals surface area contributed by atoms with Crippen LogP contribution in [0.4, 0.5) is 5.95 Å². The fourth-order valence-electron chi connectivity index (χ4n) is 5.08. The number of anilines is 1. The molecule has 2 atom stereocenters. The van der Waals surface area contributed by atoms with E-state index in [1.807, 2.05) is 13.8 Å². The first-order valence-electron chi connectivity index (χ1n) is 13.0. The number of benzene rings is 2. The second-order valence-corrected chi connectivity index (χ2v) is 11.7. The van der Waals surface area contributed by atoms with E-state index in [9.17, 15) is 14.4 Å². The lowest BCUT2D eigenvalue weighted by Crippen LogP contribution is -2.46. The molecule has 1 amide bonds. The summed E-state index contributed by atoms with van der Waals surface area (Å²) in [6.45, 7) is 5.47. The van der Waals surface area contributed by atoms with E-state index in [1.54, 1.807) is 23.1 Å². The summed E-state index contributed by atoms with van der Waals surface area (Å²) in [5.41, 5.74) is 2.14. The smallest absolute Gasteiger partial charge is 0.263 e. The molecule has 2 unspecified atom stereocenters. The van der Waals surface area contributed by atoms with E-state index in [0.29, 0.717) is 45.0 Å². The highest BCUT2D eigenvalue weighted by Gasteiger charge is 2.34. The highest BCUT2D eigenvalue weighted by Crippen LogP contribution is 2.35. The number of fused-ring (bicyclic) bond motifs is 1. The van der Waals surface area contributed by atoms with Crippen LogP contribution in [0.15, 0.2) is 35.1 Å². The Kier molecular flexibility index (Phi) is 7.71. The number of nitrogens with one attached hydrogen (secondary N) is 1. The van der Waals surface area contributed by atoms with Gasteiger partial charge in [0.05, 0.1) is 33.0 Å². The van der Waals surface area contributed by atoms with Crippen molar-refractivity contribution in [1.82, 2.24) is 14.5 Å². The van der Waals surface area contributed by atoms with Crippen LogP contribution >= 0.6 is 34.8 Å². The number of halogens is 3. The summed E-state index contributed by atoms with van der Waals surface area (Å²) in [5, 5.41) is 4.19. The molecule has 1 saturated carbocycles. The standard InChI is InChI=1S/C30H27Cl3N4O3/c1-5-18-11-20(8-9-23(18)31)28(39)36-14-26-22(10-15(36)2)29(40)37(30(35-26)34-16(3)19-6-7-19)27-13-24(32)21(17(4)38)12-25(27)33/h1,8-9,11-13,15-16,19H,6-7,10,14H2,2-4H3,(H,34,35). The molecule has 0 saturated heterocycles. The minimum Gasteiger partial charge on any atom is -0.353 e. The molecule has 1 aliphatic carbocycles. The molecule has 7 nitrogen and oxygen atoms in total. The van der Waals surface area contributed by atoms with E-state index < -0.39 is 0 Å². The van der Waals surface area contributed by atoms with Crippen LogP contribution < -0.4 is 10.9 Å². The topological polar surface area (TPSA) is 84.3 Å². The van der Waals surface area contributed by atoms with Gasteiger partial charge in [-0.25, -0.2) is 9.55 Å². The fraction of sp³-hybridized carbons (Fsp3) is 0.333. The third kappa shape index (κ3) is 5.24. The number of hydrogen-bond acceptors (Lipinski definition) is 5. The van der Waals surface area contributed by atoms with Gasteiger partial charge < -0.3 is 10.2 Å². The first kappa shape index (κ1) is 28.2. The number of amides is 1. The number of ketones is 1. The Balaban J connectivity index is 1.60. The SMILES string of the molecule is C#Cc1cc(C(=O)N2Cc3nc(NC(C)C4CC4)n(-c4cc(Cl)c(C(C)=O)cc4Cl)c(=O)c3CC2C)ccc1Cl. The molecule has 0 bridgehead atoms. The third-order valence-corrected chi connectivity index (χ3v) is 8.53. The minimum atomic E-state index is -0.302. The number of hydrogen-bond donors (Lipinski definition) is 1. The number of aromatic nitrogens is 2. The third-order valence-electron chi connectivity index (χ3n) is 7.59. The van der Waals surface area contributed by atoms with Gasteiger partial charge >= 0.3 is 0 Å². The zero-order valence-corrected chi connectivity index (χ0v) is 24.5. The average Bonchev–Trinajstić information content (AvgIpc) is 3.76. The molecule has 0 radical (unpaired) electrons. The molecular formula is C30H27Cl3N4O3. The second-order valence-electron chi connectivity index (χ2n) is 10.4. The summed E-state index contributed by atoms with van der Waals surface area (Å²) in [7, 11) is 0. The van der Waals surface area contributed by atoms with Gasteiger partial charge in [0.25, 0.3) is 11.5 Å². The summed E-state index contributed by atoms with van der Waals surface area (Å²) >= 11 is 19.2. The average molecular weight is 598 g/mol. The van der Waals surface area contributed by atoms with Gasteiger partial charge in [0, 0.05) is 34.3 Å². The molecular weight excluding hydrogens is 571 g/mol. The number of carbonyl (C=O) groups is 2. The maximum absolute atomic E-state index is 14.1. The Hall–Kier alpha value is -3.31. The molecule has 1 N–H and O–H groups in total. The lowest BCUT2D eigenvalue weighted by atomic mass is 9.98. The van der Waals surface area contributed by atoms with Crippen molar-refractivity contribution in [2.75, 3.05) is 5.32 Å². The Morgan fingerprint density at radius 3 is 2.50 bits per heavy atom. The van der Waals surface area contributed by atoms with Crippen molar-refractivity contribution in [3.8, 4) is 18.0 Å². The highest BCUT2D eigenvalue weighted by atomic mass is 35.5. The molecule has 5 rings (SSSR count). The molecule has 1 aromatic heterocycles. The predicted molar refractivity (Wildman–Crippen MR) is 158 cm³/mol. The van der Waals surface area contributed by atoms with E-state index >= 15 is 0 Å². The van der Waals surface area contributed by atoms with Crippen LogP contribution in [-0.2, 0) is 13.0 Å². The van der Waals surface area contributed by atoms with E-state index in [4.69, 9.17) is 46.2 Å². The van der Waals surface area contributed by atoms with Crippen LogP contribution in [0.25, 0.3) is 5.69 Å². The first-order chi connectivity index (χ1) is 19.0. The van der Waals surface area contributed by atoms with Crippen molar-refractivity contribution in [3.05, 3.63) is 83.7 Å². The summed E-state index contributed by atoms with van der Waals surface area (Å²) in [4.78, 5) is 46.2. The first-order valence-corrected chi connectivity index (χ1v) is 14.1. The predicted octanol–water partition coefficient (Wildman–Crippen LogP) is 6.17. The number of rotatable bonds is 6. The Morgan fingerprint density at radius 2 is 1.85 bits per heavy atom. The second kappa shape index (κ2) is 10.9. The largest absolute Gasteiger partial charge is 0.353 e. The van der Waals surface area contributed by atoms with E-state index in [2.05, 4.69) is 11.2 Å². The number of terminal acetylenes is 1. The van der Waals surface area contributed by atoms with Crippen LogP contribution in [0.5, 0.6) is 0 Å². The van der Waals surface area contributed by atoms with Gasteiger partial charge in [-0.2, -0.15) is 0 Å². The molecule has 2 aromatic carbocycles. The van der Waals surface area contributed by atoms with Gasteiger partial charge in [-0.3, -0.25) is 14.4 Å². The molecule has 40 heavy (non-hydrogen) atoms. The van der Waals surface area contributed by atoms with Crippen molar-refractivity contribution in [1.29, 1.82) is 0 Å². The van der Waals surface area contributed by atoms with Crippen LogP contribution in [0, 0.1) is 18.3 Å². The van der Waals surface area contributed by atoms with Crippen LogP contribution in [-0.4, -0.2) is 38.2 Å². The summed E-state index contributed by atoms with van der Waals surface area (Å²) in [6, 6.07) is 7.60. The van der Waals surface area contributed by atoms with Gasteiger partial charge in [0.15, 0.2) is 5.78 Å². The molecule has 2 heterocycles. The molecule has 1 fully saturated rings. The molecule has 10 heteroatoms. The normalized spacial score (nSPS) is 17.1. The quantitative estimate of drug-likeness (QED) is 0.271. The van der Waals surface area contributed by atoms with Gasteiger partial charge in [0.2, 0.25) is 5.95 Å². The Bertz CT molecular complexity index is 1660. The van der Waals surface area contributed by atoms with Crippen molar-refractivity contribution in [2.45, 2.75) is 58.7 Å². The maximum Gasteiger partial charge on any atom is 0.263 e. The van der Waals surface area contributed by atoms with Gasteiger partial charge in [-0.1, -0.05) is 40.7 Å². The lowest BCUT2D eigenvalue weighted by molar-refractivity contribution is 0.0653. The van der Waals surface area contributed by atoms with E-state index in [1.165, 1.54) is 23.6 Å². The van der Waals surface area contributed by atoms with Gasteiger partial charge in [-0.05, 0) is 76.3 Å². The van der Waals surface area contributed by atoms with Crippen molar-refractivity contribution in [3.63, 3.8) is 0 Å². The van der Waals surface area contributed by atoms with Crippen molar-refractivity contribution >= 4 is 52.4 Å². The van der Waals surface area contributed by atoms with Gasteiger partial charge in [0.1, 0.15) is 0 Å². The Labute approximate surface area is 247 Å². The maximum atomic E-state index is 14.1. The Morgan fingerprint density at radius 1 is 1.12 bits per heavy atom. The summed E-state index contributed by atoms with van der Waals surface area (Å²) in [6.07, 6.45) is 8.01. The van der Waals surface area contributed by atoms with Crippen molar-refractivity contribution < 1.29 is 9.59 Å². The highest BCUT2D eigenvalue weighted by molar-refractivity contribution is 6.37. The van der Waals surface area contributed by atoms with Crippen LogP contribution in [0.2, 0.25) is 15.1 Å². The summed E-state index contributed by atoms with van der Waals surface area (Å²) in [5.74, 6) is 2.81. The van der Waals surface area contributed by atoms with Crippen molar-refractivity contribution in [2.24, 2.45) is 5.92 Å². The minimum absolute atomic E-state index is 0.0541. The monoisotopic (exact) mass is 596 g/mol. The molecule has 1 aliphatic heterocycles. The van der Waals surface area contributed by atoms with E-state index in [0.717, 1.165) is 12.8 Å². The molecule has 2 aliphatic rings. The molecule has 0 spiro atoms. The molecule has 3 aromatic rings. The van der Waals surface area contributed by atoms with E-state index in [-0.39, 0.29) is 57.9 Å². The zero-order valence-electron chi connectivity index (χ0n) is 22.2. The van der Waals surface area contributed by atoms with Gasteiger partial charge in [-0.15, -0.1) is 6.42 Å². The van der Waals surface area contributed by atoms with Crippen LogP contribution in [0.1, 0.15) is 71.1 Å².